The Labute approximate surface area is 77.5 Å². The van der Waals surface area contributed by atoms with E-state index in [-0.39, 0.29) is 5.97 Å². The topological polar surface area (TPSA) is 35.5 Å². The summed E-state index contributed by atoms with van der Waals surface area (Å²) in [6, 6.07) is 0.857. The SMILES string of the molecule is C=CC(=O)O[Si](C)(CCC)O[SiH3]. The lowest BCUT2D eigenvalue weighted by atomic mass is 10.6. The molecule has 0 saturated heterocycles. The molecule has 0 spiro atoms. The van der Waals surface area contributed by atoms with Gasteiger partial charge >= 0.3 is 14.5 Å². The van der Waals surface area contributed by atoms with Gasteiger partial charge in [-0.15, -0.1) is 0 Å². The predicted octanol–water partition coefficient (Wildman–Crippen LogP) is 0.495. The molecule has 5 heteroatoms. The molecule has 0 aromatic carbocycles. The lowest BCUT2D eigenvalue weighted by molar-refractivity contribution is -0.130. The molecule has 1 atom stereocenters. The van der Waals surface area contributed by atoms with Gasteiger partial charge in [-0.2, -0.15) is 0 Å². The van der Waals surface area contributed by atoms with Gasteiger partial charge in [0.2, 0.25) is 0 Å². The average molecular weight is 204 g/mol. The first-order valence-corrected chi connectivity index (χ1v) is 7.32. The van der Waals surface area contributed by atoms with E-state index in [1.807, 2.05) is 13.5 Å². The van der Waals surface area contributed by atoms with Crippen LogP contribution in [-0.4, -0.2) is 25.0 Å². The van der Waals surface area contributed by atoms with Crippen LogP contribution < -0.4 is 0 Å². The molecule has 0 saturated carbocycles. The molecular formula is C7H16O3Si2. The van der Waals surface area contributed by atoms with Crippen molar-refractivity contribution in [1.29, 1.82) is 0 Å². The van der Waals surface area contributed by atoms with Gasteiger partial charge in [0, 0.05) is 12.1 Å². The van der Waals surface area contributed by atoms with E-state index in [1.54, 1.807) is 0 Å². The van der Waals surface area contributed by atoms with Crippen molar-refractivity contribution in [2.24, 2.45) is 0 Å². The second-order valence-corrected chi connectivity index (χ2v) is 7.32. The summed E-state index contributed by atoms with van der Waals surface area (Å²) in [6.45, 7) is 7.30. The first-order valence-electron chi connectivity index (χ1n) is 3.98. The standard InChI is InChI=1S/C7H16O3Si2/c1-4-6-12(3,10-11)9-7(8)5-2/h5H,2,4,6H2,1,3,11H3. The lowest BCUT2D eigenvalue weighted by Crippen LogP contribution is -2.39. The molecule has 0 aromatic rings. The van der Waals surface area contributed by atoms with E-state index in [0.717, 1.165) is 12.5 Å². The molecule has 0 bridgehead atoms. The Kier molecular flexibility index (Phi) is 5.11. The van der Waals surface area contributed by atoms with Gasteiger partial charge in [0.25, 0.3) is 0 Å². The van der Waals surface area contributed by atoms with Gasteiger partial charge in [0.05, 0.1) is 0 Å². The molecule has 0 radical (unpaired) electrons. The van der Waals surface area contributed by atoms with E-state index >= 15 is 0 Å². The van der Waals surface area contributed by atoms with E-state index in [0.29, 0.717) is 10.5 Å². The summed E-state index contributed by atoms with van der Waals surface area (Å²) in [4.78, 5) is 10.9. The monoisotopic (exact) mass is 204 g/mol. The molecule has 70 valence electrons. The number of hydrogen-bond acceptors (Lipinski definition) is 3. The third-order valence-corrected chi connectivity index (χ3v) is 7.11. The molecular weight excluding hydrogens is 188 g/mol. The van der Waals surface area contributed by atoms with Crippen molar-refractivity contribution in [3.8, 4) is 0 Å². The molecule has 12 heavy (non-hydrogen) atoms. The van der Waals surface area contributed by atoms with Crippen LogP contribution in [0.1, 0.15) is 13.3 Å². The first kappa shape index (κ1) is 11.6. The molecule has 0 aliphatic heterocycles. The van der Waals surface area contributed by atoms with E-state index in [9.17, 15) is 4.79 Å². The van der Waals surface area contributed by atoms with Crippen molar-refractivity contribution in [1.82, 2.24) is 0 Å². The highest BCUT2D eigenvalue weighted by atomic mass is 28.4. The average Bonchev–Trinajstić information content (AvgIpc) is 2.05. The molecule has 0 heterocycles. The van der Waals surface area contributed by atoms with Crippen molar-refractivity contribution in [3.05, 3.63) is 12.7 Å². The molecule has 3 nitrogen and oxygen atoms in total. The minimum atomic E-state index is -2.17. The van der Waals surface area contributed by atoms with Crippen LogP contribution in [-0.2, 0) is 13.3 Å². The minimum Gasteiger partial charge on any atom is -0.492 e. The van der Waals surface area contributed by atoms with Crippen LogP contribution in [0.15, 0.2) is 12.7 Å². The zero-order chi connectivity index (χ0) is 9.61. The van der Waals surface area contributed by atoms with E-state index in [2.05, 4.69) is 6.58 Å². The summed E-state index contributed by atoms with van der Waals surface area (Å²) in [7, 11) is -1.55. The zero-order valence-corrected chi connectivity index (χ0v) is 10.9. The van der Waals surface area contributed by atoms with Crippen molar-refractivity contribution in [2.75, 3.05) is 0 Å². The normalized spacial score (nSPS) is 15.2. The van der Waals surface area contributed by atoms with Crippen molar-refractivity contribution >= 4 is 25.0 Å². The van der Waals surface area contributed by atoms with Crippen LogP contribution in [0.3, 0.4) is 0 Å². The van der Waals surface area contributed by atoms with Crippen molar-refractivity contribution in [2.45, 2.75) is 25.9 Å². The maximum absolute atomic E-state index is 10.9. The number of rotatable bonds is 5. The van der Waals surface area contributed by atoms with Crippen LogP contribution >= 0.6 is 0 Å². The number of carbonyl (C=O) groups is 1. The Bertz CT molecular complexity index is 172. The minimum absolute atomic E-state index is 0.367. The Balaban J connectivity index is 4.12. The zero-order valence-electron chi connectivity index (χ0n) is 7.92. The maximum Gasteiger partial charge on any atom is 0.388 e. The summed E-state index contributed by atoms with van der Waals surface area (Å²) in [6.07, 6.45) is 2.16. The van der Waals surface area contributed by atoms with Crippen LogP contribution in [0.5, 0.6) is 0 Å². The third kappa shape index (κ3) is 3.84. The van der Waals surface area contributed by atoms with Gasteiger partial charge in [0.1, 0.15) is 10.5 Å². The van der Waals surface area contributed by atoms with Gasteiger partial charge in [-0.05, 0) is 6.55 Å². The van der Waals surface area contributed by atoms with E-state index in [1.165, 1.54) is 6.08 Å². The van der Waals surface area contributed by atoms with Crippen molar-refractivity contribution < 1.29 is 13.3 Å². The van der Waals surface area contributed by atoms with Gasteiger partial charge in [-0.3, -0.25) is 0 Å². The molecule has 0 N–H and O–H groups in total. The summed E-state index contributed by atoms with van der Waals surface area (Å²) in [5.41, 5.74) is 0. The highest BCUT2D eigenvalue weighted by Gasteiger charge is 2.31. The van der Waals surface area contributed by atoms with Crippen molar-refractivity contribution in [3.63, 3.8) is 0 Å². The Morgan fingerprint density at radius 3 is 2.67 bits per heavy atom. The first-order chi connectivity index (χ1) is 5.58. The fourth-order valence-corrected chi connectivity index (χ4v) is 3.57. The lowest BCUT2D eigenvalue weighted by Gasteiger charge is -2.23. The molecule has 1 unspecified atom stereocenters. The largest absolute Gasteiger partial charge is 0.492 e. The van der Waals surface area contributed by atoms with Gasteiger partial charge in [-0.1, -0.05) is 19.9 Å². The van der Waals surface area contributed by atoms with Gasteiger partial charge in [-0.25, -0.2) is 4.79 Å². The molecule has 0 rings (SSSR count). The number of carbonyl (C=O) groups excluding carboxylic acids is 1. The number of hydrogen-bond donors (Lipinski definition) is 0. The summed E-state index contributed by atoms with van der Waals surface area (Å²) < 4.78 is 10.5. The highest BCUT2D eigenvalue weighted by molar-refractivity contribution is 6.70. The predicted molar refractivity (Wildman–Crippen MR) is 54.0 cm³/mol. The maximum atomic E-state index is 10.9. The highest BCUT2D eigenvalue weighted by Crippen LogP contribution is 2.14. The molecule has 0 aromatic heterocycles. The summed E-state index contributed by atoms with van der Waals surface area (Å²) in [5.74, 6) is -0.367. The molecule has 0 aliphatic rings. The summed E-state index contributed by atoms with van der Waals surface area (Å²) in [5, 5.41) is 0. The molecule has 0 aliphatic carbocycles. The quantitative estimate of drug-likeness (QED) is 0.483. The van der Waals surface area contributed by atoms with Crippen LogP contribution in [0.25, 0.3) is 0 Å². The molecule has 0 fully saturated rings. The third-order valence-electron chi connectivity index (χ3n) is 1.62. The van der Waals surface area contributed by atoms with Crippen LogP contribution in [0.2, 0.25) is 12.6 Å². The fraction of sp³-hybridized carbons (Fsp3) is 0.571. The van der Waals surface area contributed by atoms with E-state index < -0.39 is 8.56 Å². The Morgan fingerprint density at radius 2 is 2.33 bits per heavy atom. The van der Waals surface area contributed by atoms with Gasteiger partial charge in [0.15, 0.2) is 0 Å². The fourth-order valence-electron chi connectivity index (χ4n) is 0.903. The van der Waals surface area contributed by atoms with Gasteiger partial charge < -0.3 is 8.54 Å². The second-order valence-electron chi connectivity index (χ2n) is 2.71. The molecule has 0 amide bonds. The van der Waals surface area contributed by atoms with Crippen LogP contribution in [0, 0.1) is 0 Å². The Hall–Kier alpha value is -0.396. The Morgan fingerprint density at radius 1 is 1.75 bits per heavy atom. The smallest absolute Gasteiger partial charge is 0.388 e. The summed E-state index contributed by atoms with van der Waals surface area (Å²) >= 11 is 0. The second kappa shape index (κ2) is 5.28. The van der Waals surface area contributed by atoms with Crippen LogP contribution in [0.4, 0.5) is 0 Å². The van der Waals surface area contributed by atoms with E-state index in [4.69, 9.17) is 8.54 Å².